The van der Waals surface area contributed by atoms with Crippen LogP contribution >= 0.6 is 0 Å². The molecule has 0 atom stereocenters. The summed E-state index contributed by atoms with van der Waals surface area (Å²) in [5.41, 5.74) is 2.29. The van der Waals surface area contributed by atoms with Gasteiger partial charge >= 0.3 is 0 Å². The van der Waals surface area contributed by atoms with Gasteiger partial charge in [-0.3, -0.25) is 4.79 Å². The van der Waals surface area contributed by atoms with Crippen LogP contribution in [0.25, 0.3) is 6.08 Å². The number of hydrogen-bond donors (Lipinski definition) is 0. The maximum absolute atomic E-state index is 12.9. The largest absolute Gasteiger partial charge is 0.488 e. The number of allylic oxidation sites excluding steroid dienone is 1. The van der Waals surface area contributed by atoms with E-state index < -0.39 is 0 Å². The zero-order valence-corrected chi connectivity index (χ0v) is 13.6. The number of hydrogen-bond acceptors (Lipinski definition) is 2. The van der Waals surface area contributed by atoms with Crippen molar-refractivity contribution >= 4 is 11.9 Å². The first-order valence-corrected chi connectivity index (χ1v) is 7.96. The van der Waals surface area contributed by atoms with Crippen molar-refractivity contribution in [1.29, 1.82) is 0 Å². The normalized spacial score (nSPS) is 10.8. The summed E-state index contributed by atoms with van der Waals surface area (Å²) >= 11 is 0. The molecule has 3 rings (SSSR count). The lowest BCUT2D eigenvalue weighted by Gasteiger charge is -2.09. The van der Waals surface area contributed by atoms with Crippen LogP contribution < -0.4 is 4.74 Å². The van der Waals surface area contributed by atoms with E-state index >= 15 is 0 Å². The second-order valence-corrected chi connectivity index (χ2v) is 5.52. The van der Waals surface area contributed by atoms with Crippen molar-refractivity contribution in [3.8, 4) is 5.75 Å². The maximum atomic E-state index is 12.9. The molecule has 0 aliphatic carbocycles. The van der Waals surface area contributed by atoms with E-state index in [9.17, 15) is 9.18 Å². The molecule has 3 aromatic rings. The molecule has 0 aromatic heterocycles. The van der Waals surface area contributed by atoms with Crippen LogP contribution in [0.4, 0.5) is 4.39 Å². The smallest absolute Gasteiger partial charge is 0.189 e. The second kappa shape index (κ2) is 8.06. The lowest BCUT2D eigenvalue weighted by atomic mass is 10.1. The summed E-state index contributed by atoms with van der Waals surface area (Å²) in [5, 5.41) is 0. The van der Waals surface area contributed by atoms with Gasteiger partial charge < -0.3 is 4.74 Å². The third kappa shape index (κ3) is 4.64. The molecule has 0 radical (unpaired) electrons. The summed E-state index contributed by atoms with van der Waals surface area (Å²) in [4.78, 5) is 12.5. The predicted molar refractivity (Wildman–Crippen MR) is 97.0 cm³/mol. The molecule has 0 saturated heterocycles. The van der Waals surface area contributed by atoms with Gasteiger partial charge in [-0.05, 0) is 41.5 Å². The van der Waals surface area contributed by atoms with E-state index in [0.29, 0.717) is 17.9 Å². The molecule has 0 spiro atoms. The van der Waals surface area contributed by atoms with Crippen LogP contribution in [0, 0.1) is 5.82 Å². The average molecular weight is 332 g/mol. The Morgan fingerprint density at radius 2 is 1.56 bits per heavy atom. The molecule has 0 bridgehead atoms. The van der Waals surface area contributed by atoms with Gasteiger partial charge in [0.05, 0.1) is 5.56 Å². The Labute approximate surface area is 146 Å². The van der Waals surface area contributed by atoms with E-state index in [0.717, 1.165) is 11.1 Å². The number of ether oxygens (including phenoxy) is 1. The van der Waals surface area contributed by atoms with Crippen LogP contribution in [0.5, 0.6) is 5.75 Å². The second-order valence-electron chi connectivity index (χ2n) is 5.52. The first kappa shape index (κ1) is 16.7. The zero-order valence-electron chi connectivity index (χ0n) is 13.6. The van der Waals surface area contributed by atoms with Crippen LogP contribution in [0.3, 0.4) is 0 Å². The van der Waals surface area contributed by atoms with E-state index in [-0.39, 0.29) is 11.6 Å². The molecule has 0 saturated carbocycles. The molecule has 0 heterocycles. The Bertz CT molecular complexity index is 868. The van der Waals surface area contributed by atoms with E-state index in [1.54, 1.807) is 36.4 Å². The van der Waals surface area contributed by atoms with Gasteiger partial charge in [0.15, 0.2) is 5.78 Å². The molecule has 0 unspecified atom stereocenters. The Hall–Kier alpha value is -3.20. The van der Waals surface area contributed by atoms with Gasteiger partial charge in [-0.25, -0.2) is 4.39 Å². The molecule has 0 N–H and O–H groups in total. The molecule has 124 valence electrons. The molecular weight excluding hydrogens is 315 g/mol. The lowest BCUT2D eigenvalue weighted by Crippen LogP contribution is -2.02. The number of ketones is 1. The van der Waals surface area contributed by atoms with E-state index in [1.807, 2.05) is 36.4 Å². The molecule has 25 heavy (non-hydrogen) atoms. The summed E-state index contributed by atoms with van der Waals surface area (Å²) in [6, 6.07) is 22.9. The minimum atomic E-state index is -0.303. The highest BCUT2D eigenvalue weighted by Crippen LogP contribution is 2.21. The number of rotatable bonds is 6. The third-order valence-corrected chi connectivity index (χ3v) is 3.69. The molecule has 3 heteroatoms. The van der Waals surface area contributed by atoms with Gasteiger partial charge in [0, 0.05) is 0 Å². The lowest BCUT2D eigenvalue weighted by molar-refractivity contribution is 0.104. The number of benzene rings is 3. The van der Waals surface area contributed by atoms with Crippen LogP contribution in [0.1, 0.15) is 21.5 Å². The highest BCUT2D eigenvalue weighted by atomic mass is 19.1. The van der Waals surface area contributed by atoms with Gasteiger partial charge in [0.2, 0.25) is 0 Å². The number of para-hydroxylation sites is 1. The van der Waals surface area contributed by atoms with E-state index in [1.165, 1.54) is 18.2 Å². The van der Waals surface area contributed by atoms with Crippen molar-refractivity contribution in [3.63, 3.8) is 0 Å². The van der Waals surface area contributed by atoms with Crippen molar-refractivity contribution in [2.75, 3.05) is 0 Å². The molecule has 0 amide bonds. The standard InChI is InChI=1S/C22H17FO2/c23-19-13-10-17(11-14-19)12-15-21(24)20-8-4-5-9-22(20)25-16-18-6-2-1-3-7-18/h1-15H,16H2/b15-12-. The fourth-order valence-electron chi connectivity index (χ4n) is 2.37. The van der Waals surface area contributed by atoms with Gasteiger partial charge in [-0.2, -0.15) is 0 Å². The van der Waals surface area contributed by atoms with Crippen molar-refractivity contribution in [2.45, 2.75) is 6.61 Å². The van der Waals surface area contributed by atoms with E-state index in [2.05, 4.69) is 0 Å². The molecule has 0 aliphatic heterocycles. The summed E-state index contributed by atoms with van der Waals surface area (Å²) in [5.74, 6) is 0.0798. The number of carbonyl (C=O) groups excluding carboxylic acids is 1. The van der Waals surface area contributed by atoms with Crippen LogP contribution in [0.15, 0.2) is 84.9 Å². The van der Waals surface area contributed by atoms with Crippen molar-refractivity contribution in [2.24, 2.45) is 0 Å². The zero-order chi connectivity index (χ0) is 17.5. The summed E-state index contributed by atoms with van der Waals surface area (Å²) in [6.07, 6.45) is 3.13. The highest BCUT2D eigenvalue weighted by molar-refractivity contribution is 6.08. The monoisotopic (exact) mass is 332 g/mol. The minimum absolute atomic E-state index is 0.159. The van der Waals surface area contributed by atoms with Crippen molar-refractivity contribution in [1.82, 2.24) is 0 Å². The van der Waals surface area contributed by atoms with Crippen LogP contribution in [0.2, 0.25) is 0 Å². The summed E-state index contributed by atoms with van der Waals surface area (Å²) in [6.45, 7) is 0.396. The first-order chi connectivity index (χ1) is 12.2. The summed E-state index contributed by atoms with van der Waals surface area (Å²) < 4.78 is 18.7. The fourth-order valence-corrected chi connectivity index (χ4v) is 2.37. The molecule has 2 nitrogen and oxygen atoms in total. The Balaban J connectivity index is 1.73. The Morgan fingerprint density at radius 1 is 0.880 bits per heavy atom. The predicted octanol–water partition coefficient (Wildman–Crippen LogP) is 5.30. The van der Waals surface area contributed by atoms with Crippen molar-refractivity contribution < 1.29 is 13.9 Å². The molecule has 3 aromatic carbocycles. The minimum Gasteiger partial charge on any atom is -0.488 e. The molecular formula is C22H17FO2. The number of halogens is 1. The maximum Gasteiger partial charge on any atom is 0.189 e. The fraction of sp³-hybridized carbons (Fsp3) is 0.0455. The van der Waals surface area contributed by atoms with Gasteiger partial charge in [-0.1, -0.05) is 60.7 Å². The van der Waals surface area contributed by atoms with Gasteiger partial charge in [-0.15, -0.1) is 0 Å². The SMILES string of the molecule is O=C(/C=C\c1ccc(F)cc1)c1ccccc1OCc1ccccc1. The summed E-state index contributed by atoms with van der Waals surface area (Å²) in [7, 11) is 0. The van der Waals surface area contributed by atoms with Crippen LogP contribution in [-0.4, -0.2) is 5.78 Å². The Morgan fingerprint density at radius 3 is 2.32 bits per heavy atom. The third-order valence-electron chi connectivity index (χ3n) is 3.69. The Kier molecular flexibility index (Phi) is 5.37. The van der Waals surface area contributed by atoms with E-state index in [4.69, 9.17) is 4.74 Å². The van der Waals surface area contributed by atoms with Crippen LogP contribution in [-0.2, 0) is 6.61 Å². The van der Waals surface area contributed by atoms with Gasteiger partial charge in [0.25, 0.3) is 0 Å². The first-order valence-electron chi connectivity index (χ1n) is 7.96. The highest BCUT2D eigenvalue weighted by Gasteiger charge is 2.09. The topological polar surface area (TPSA) is 26.3 Å². The molecule has 0 aliphatic rings. The van der Waals surface area contributed by atoms with Gasteiger partial charge in [0.1, 0.15) is 18.2 Å². The molecule has 0 fully saturated rings. The quantitative estimate of drug-likeness (QED) is 0.452. The average Bonchev–Trinajstić information content (AvgIpc) is 2.67. The van der Waals surface area contributed by atoms with Crippen molar-refractivity contribution in [3.05, 3.63) is 107 Å². The number of carbonyl (C=O) groups is 1.